The van der Waals surface area contributed by atoms with Crippen molar-refractivity contribution in [1.29, 1.82) is 0 Å². The third-order valence-corrected chi connectivity index (χ3v) is 5.43. The molecule has 0 spiro atoms. The fraction of sp³-hybridized carbons (Fsp3) is 0.923. The molecule has 0 aromatic heterocycles. The number of aliphatic hydroxyl groups excluding tert-OH is 1. The smallest absolute Gasteiger partial charge is 0.306 e. The molecule has 0 aromatic carbocycles. The molecule has 1 fully saturated rings. The van der Waals surface area contributed by atoms with Crippen LogP contribution in [0.1, 0.15) is 32.6 Å². The van der Waals surface area contributed by atoms with E-state index >= 15 is 0 Å². The molecule has 0 radical (unpaired) electrons. The third-order valence-electron chi connectivity index (χ3n) is 3.48. The Morgan fingerprint density at radius 3 is 2.60 bits per heavy atom. The van der Waals surface area contributed by atoms with Crippen LogP contribution in [-0.2, 0) is 19.4 Å². The molecule has 0 aromatic rings. The molecular formula is C13H25NO5S. The van der Waals surface area contributed by atoms with Gasteiger partial charge in [-0.05, 0) is 31.2 Å². The van der Waals surface area contributed by atoms with Gasteiger partial charge in [-0.1, -0.05) is 6.92 Å². The van der Waals surface area contributed by atoms with Crippen molar-refractivity contribution in [1.82, 2.24) is 5.32 Å². The Balaban J connectivity index is 2.43. The molecule has 1 unspecified atom stereocenters. The largest absolute Gasteiger partial charge is 0.469 e. The van der Waals surface area contributed by atoms with Crippen LogP contribution in [0, 0.1) is 5.41 Å². The van der Waals surface area contributed by atoms with Crippen molar-refractivity contribution in [2.75, 3.05) is 31.7 Å². The maximum Gasteiger partial charge on any atom is 0.306 e. The number of hydrogen-bond acceptors (Lipinski definition) is 6. The second-order valence-electron chi connectivity index (χ2n) is 5.67. The predicted octanol–water partition coefficient (Wildman–Crippen LogP) is 0.105. The van der Waals surface area contributed by atoms with E-state index in [0.29, 0.717) is 0 Å². The number of ether oxygens (including phenoxy) is 1. The monoisotopic (exact) mass is 307 g/mol. The molecular weight excluding hydrogens is 282 g/mol. The molecule has 1 atom stereocenters. The summed E-state index contributed by atoms with van der Waals surface area (Å²) in [7, 11) is -2.06. The van der Waals surface area contributed by atoms with Gasteiger partial charge in [0.05, 0.1) is 31.1 Å². The molecule has 2 N–H and O–H groups in total. The number of esters is 1. The molecule has 6 nitrogen and oxygen atoms in total. The van der Waals surface area contributed by atoms with Crippen molar-refractivity contribution in [2.45, 2.75) is 38.7 Å². The lowest BCUT2D eigenvalue weighted by molar-refractivity contribution is -0.141. The summed E-state index contributed by atoms with van der Waals surface area (Å²) in [6.07, 6.45) is 1.63. The maximum atomic E-state index is 12.1. The highest BCUT2D eigenvalue weighted by atomic mass is 32.2. The second-order valence-corrected chi connectivity index (χ2v) is 7.77. The molecule has 0 heterocycles. The van der Waals surface area contributed by atoms with Crippen molar-refractivity contribution < 1.29 is 23.1 Å². The van der Waals surface area contributed by atoms with Gasteiger partial charge in [0.15, 0.2) is 9.84 Å². The first kappa shape index (κ1) is 17.4. The number of carbonyl (C=O) groups excluding carboxylic acids is 1. The van der Waals surface area contributed by atoms with Gasteiger partial charge in [-0.3, -0.25) is 4.79 Å². The molecule has 0 aliphatic heterocycles. The quantitative estimate of drug-likeness (QED) is 0.439. The Bertz CT molecular complexity index is 416. The minimum Gasteiger partial charge on any atom is -0.469 e. The molecule has 1 aliphatic rings. The van der Waals surface area contributed by atoms with E-state index in [1.165, 1.54) is 7.11 Å². The molecule has 0 bridgehead atoms. The number of aliphatic hydroxyl groups is 1. The average molecular weight is 307 g/mol. The van der Waals surface area contributed by atoms with Gasteiger partial charge in [0.25, 0.3) is 0 Å². The van der Waals surface area contributed by atoms with E-state index in [4.69, 9.17) is 0 Å². The minimum absolute atomic E-state index is 0.0417. The van der Waals surface area contributed by atoms with Crippen LogP contribution in [0.15, 0.2) is 0 Å². The lowest BCUT2D eigenvalue weighted by atomic mass is 10.1. The standard InChI is InChI=1S/C13H25NO5S/c1-3-6-14-8-11(15)9-20(17,18)10-13(4-5-13)7-12(16)19-2/h11,14-15H,3-10H2,1-2H3. The van der Waals surface area contributed by atoms with Crippen molar-refractivity contribution in [3.63, 3.8) is 0 Å². The Labute approximate surface area is 120 Å². The lowest BCUT2D eigenvalue weighted by Crippen LogP contribution is -2.35. The van der Waals surface area contributed by atoms with Gasteiger partial charge in [-0.2, -0.15) is 0 Å². The zero-order valence-corrected chi connectivity index (χ0v) is 13.0. The van der Waals surface area contributed by atoms with Crippen molar-refractivity contribution in [2.24, 2.45) is 5.41 Å². The molecule has 7 heteroatoms. The average Bonchev–Trinajstić information content (AvgIpc) is 3.06. The van der Waals surface area contributed by atoms with E-state index in [2.05, 4.69) is 10.1 Å². The van der Waals surface area contributed by atoms with Gasteiger partial charge in [0, 0.05) is 6.54 Å². The molecule has 0 saturated heterocycles. The number of carbonyl (C=O) groups is 1. The SMILES string of the molecule is CCCNCC(O)CS(=O)(=O)CC1(CC(=O)OC)CC1. The van der Waals surface area contributed by atoms with Gasteiger partial charge >= 0.3 is 5.97 Å². The third kappa shape index (κ3) is 6.19. The van der Waals surface area contributed by atoms with Gasteiger partial charge in [-0.25, -0.2) is 8.42 Å². The van der Waals surface area contributed by atoms with E-state index in [-0.39, 0.29) is 30.4 Å². The topological polar surface area (TPSA) is 92.7 Å². The summed E-state index contributed by atoms with van der Waals surface area (Å²) in [5.41, 5.74) is -0.456. The molecule has 1 rings (SSSR count). The fourth-order valence-corrected chi connectivity index (χ4v) is 4.40. The highest BCUT2D eigenvalue weighted by molar-refractivity contribution is 7.91. The molecule has 20 heavy (non-hydrogen) atoms. The van der Waals surface area contributed by atoms with Crippen LogP contribution in [0.2, 0.25) is 0 Å². The molecule has 0 amide bonds. The molecule has 1 aliphatic carbocycles. The van der Waals surface area contributed by atoms with Crippen molar-refractivity contribution >= 4 is 15.8 Å². The number of nitrogens with one attached hydrogen (secondary N) is 1. The first-order chi connectivity index (χ1) is 9.32. The summed E-state index contributed by atoms with van der Waals surface area (Å²) in [6, 6.07) is 0. The molecule has 118 valence electrons. The summed E-state index contributed by atoms with van der Waals surface area (Å²) in [5, 5.41) is 12.7. The van der Waals surface area contributed by atoms with Crippen LogP contribution < -0.4 is 5.32 Å². The van der Waals surface area contributed by atoms with Crippen LogP contribution >= 0.6 is 0 Å². The number of rotatable bonds is 10. The minimum atomic E-state index is -3.36. The lowest BCUT2D eigenvalue weighted by Gasteiger charge is -2.16. The summed E-state index contributed by atoms with van der Waals surface area (Å²) in [6.45, 7) is 3.03. The Kier molecular flexibility index (Phi) is 6.42. The number of hydrogen-bond donors (Lipinski definition) is 2. The number of sulfone groups is 1. The first-order valence-corrected chi connectivity index (χ1v) is 8.81. The predicted molar refractivity (Wildman–Crippen MR) is 76.1 cm³/mol. The normalized spacial score (nSPS) is 18.6. The van der Waals surface area contributed by atoms with E-state index in [1.54, 1.807) is 0 Å². The van der Waals surface area contributed by atoms with Crippen LogP contribution in [0.25, 0.3) is 0 Å². The highest BCUT2D eigenvalue weighted by Crippen LogP contribution is 2.50. The van der Waals surface area contributed by atoms with Gasteiger partial charge < -0.3 is 15.2 Å². The Hall–Kier alpha value is -0.660. The molecule has 1 saturated carbocycles. The summed E-state index contributed by atoms with van der Waals surface area (Å²) in [4.78, 5) is 11.3. The van der Waals surface area contributed by atoms with Crippen LogP contribution in [0.3, 0.4) is 0 Å². The van der Waals surface area contributed by atoms with E-state index in [1.807, 2.05) is 6.92 Å². The zero-order chi connectivity index (χ0) is 15.2. The number of methoxy groups -OCH3 is 1. The second kappa shape index (κ2) is 7.38. The van der Waals surface area contributed by atoms with Crippen LogP contribution in [-0.4, -0.2) is 57.3 Å². The van der Waals surface area contributed by atoms with Gasteiger partial charge in [0.2, 0.25) is 0 Å². The van der Waals surface area contributed by atoms with E-state index < -0.39 is 21.4 Å². The first-order valence-electron chi connectivity index (χ1n) is 6.98. The summed E-state index contributed by atoms with van der Waals surface area (Å²) < 4.78 is 28.7. The zero-order valence-electron chi connectivity index (χ0n) is 12.2. The highest BCUT2D eigenvalue weighted by Gasteiger charge is 2.48. The van der Waals surface area contributed by atoms with E-state index in [0.717, 1.165) is 25.8 Å². The fourth-order valence-electron chi connectivity index (χ4n) is 2.25. The Morgan fingerprint density at radius 1 is 1.45 bits per heavy atom. The van der Waals surface area contributed by atoms with Crippen LogP contribution in [0.4, 0.5) is 0 Å². The maximum absolute atomic E-state index is 12.1. The van der Waals surface area contributed by atoms with Gasteiger partial charge in [0.1, 0.15) is 0 Å². The van der Waals surface area contributed by atoms with Crippen molar-refractivity contribution in [3.8, 4) is 0 Å². The summed E-state index contributed by atoms with van der Waals surface area (Å²) in [5.74, 6) is -0.671. The van der Waals surface area contributed by atoms with E-state index in [9.17, 15) is 18.3 Å². The Morgan fingerprint density at radius 2 is 2.10 bits per heavy atom. The summed E-state index contributed by atoms with van der Waals surface area (Å²) >= 11 is 0. The van der Waals surface area contributed by atoms with Crippen molar-refractivity contribution in [3.05, 3.63) is 0 Å². The van der Waals surface area contributed by atoms with Crippen LogP contribution in [0.5, 0.6) is 0 Å². The van der Waals surface area contributed by atoms with Gasteiger partial charge in [-0.15, -0.1) is 0 Å².